The second-order valence-electron chi connectivity index (χ2n) is 4.08. The van der Waals surface area contributed by atoms with E-state index in [2.05, 4.69) is 46.4 Å². The molecule has 2 heteroatoms. The van der Waals surface area contributed by atoms with Crippen LogP contribution >= 0.6 is 0 Å². The van der Waals surface area contributed by atoms with Crippen LogP contribution in [0.2, 0.25) is 11.1 Å². The maximum Gasteiger partial charge on any atom is 0.116 e. The highest BCUT2D eigenvalue weighted by Crippen LogP contribution is 2.24. The van der Waals surface area contributed by atoms with Crippen LogP contribution in [0, 0.1) is 0 Å². The third-order valence-electron chi connectivity index (χ3n) is 2.51. The second kappa shape index (κ2) is 4.94. The van der Waals surface area contributed by atoms with Gasteiger partial charge in [-0.25, -0.2) is 0 Å². The molecular weight excluding hydrogens is 150 g/mol. The van der Waals surface area contributed by atoms with Crippen molar-refractivity contribution in [2.75, 3.05) is 14.1 Å². The molecule has 0 N–H and O–H groups in total. The molecule has 0 saturated carbocycles. The normalized spacial score (nSPS) is 17.5. The van der Waals surface area contributed by atoms with Crippen LogP contribution < -0.4 is 0 Å². The predicted octanol–water partition coefficient (Wildman–Crippen LogP) is 2.48. The molecule has 0 aliphatic rings. The fourth-order valence-electron chi connectivity index (χ4n) is 2.00. The summed E-state index contributed by atoms with van der Waals surface area (Å²) in [6.45, 7) is 9.43. The van der Waals surface area contributed by atoms with Gasteiger partial charge in [-0.1, -0.05) is 34.1 Å². The van der Waals surface area contributed by atoms with Gasteiger partial charge in [-0.3, -0.25) is 0 Å². The molecule has 0 fully saturated rings. The molecule has 68 valence electrons. The van der Waals surface area contributed by atoms with Crippen LogP contribution in [-0.2, 0) is 0 Å². The van der Waals surface area contributed by atoms with Crippen molar-refractivity contribution in [3.05, 3.63) is 0 Å². The summed E-state index contributed by atoms with van der Waals surface area (Å²) in [5.41, 5.74) is 1.85. The van der Waals surface area contributed by atoms with Gasteiger partial charge in [-0.05, 0) is 25.2 Å². The standard InChI is InChI=1S/C9H23NSi/c1-7-9(4)11(8(2)3)10(5)6/h8-9,11H,7H2,1-6H3. The van der Waals surface area contributed by atoms with Gasteiger partial charge in [0.25, 0.3) is 0 Å². The molecule has 0 aliphatic heterocycles. The molecule has 1 nitrogen and oxygen atoms in total. The number of hydrogen-bond acceptors (Lipinski definition) is 1. The van der Waals surface area contributed by atoms with Crippen LogP contribution in [0.3, 0.4) is 0 Å². The monoisotopic (exact) mass is 173 g/mol. The van der Waals surface area contributed by atoms with E-state index in [0.717, 1.165) is 11.1 Å². The minimum Gasteiger partial charge on any atom is -0.331 e. The highest BCUT2D eigenvalue weighted by molar-refractivity contribution is 6.58. The van der Waals surface area contributed by atoms with Gasteiger partial charge in [-0.2, -0.15) is 0 Å². The predicted molar refractivity (Wildman–Crippen MR) is 55.6 cm³/mol. The van der Waals surface area contributed by atoms with E-state index in [0.29, 0.717) is 0 Å². The number of rotatable bonds is 4. The lowest BCUT2D eigenvalue weighted by Crippen LogP contribution is -2.38. The molecule has 0 radical (unpaired) electrons. The van der Waals surface area contributed by atoms with Gasteiger partial charge < -0.3 is 4.57 Å². The quantitative estimate of drug-likeness (QED) is 0.590. The van der Waals surface area contributed by atoms with Crippen molar-refractivity contribution >= 4 is 8.96 Å². The van der Waals surface area contributed by atoms with Crippen LogP contribution in [0.25, 0.3) is 0 Å². The van der Waals surface area contributed by atoms with Crippen molar-refractivity contribution in [2.24, 2.45) is 0 Å². The maximum atomic E-state index is 2.48. The summed E-state index contributed by atoms with van der Waals surface area (Å²) in [6.07, 6.45) is 1.34. The summed E-state index contributed by atoms with van der Waals surface area (Å²) in [5, 5.41) is 0. The molecular formula is C9H23NSi. The van der Waals surface area contributed by atoms with Crippen molar-refractivity contribution < 1.29 is 0 Å². The van der Waals surface area contributed by atoms with E-state index in [4.69, 9.17) is 0 Å². The fourth-order valence-corrected chi connectivity index (χ4v) is 6.01. The molecule has 2 unspecified atom stereocenters. The topological polar surface area (TPSA) is 3.24 Å². The summed E-state index contributed by atoms with van der Waals surface area (Å²) in [4.78, 5) is 0. The van der Waals surface area contributed by atoms with Crippen LogP contribution in [-0.4, -0.2) is 27.6 Å². The lowest BCUT2D eigenvalue weighted by atomic mass is 10.4. The fraction of sp³-hybridized carbons (Fsp3) is 1.00. The molecule has 0 amide bonds. The zero-order valence-corrected chi connectivity index (χ0v) is 10.0. The van der Waals surface area contributed by atoms with E-state index in [1.807, 2.05) is 0 Å². The van der Waals surface area contributed by atoms with E-state index in [1.54, 1.807) is 0 Å². The first-order valence-electron chi connectivity index (χ1n) is 4.67. The lowest BCUT2D eigenvalue weighted by Gasteiger charge is -2.31. The molecule has 0 bridgehead atoms. The number of nitrogens with zero attached hydrogens (tertiary/aromatic N) is 1. The van der Waals surface area contributed by atoms with Gasteiger partial charge in [0, 0.05) is 0 Å². The Balaban J connectivity index is 4.09. The summed E-state index contributed by atoms with van der Waals surface area (Å²) < 4.78 is 2.48. The van der Waals surface area contributed by atoms with E-state index < -0.39 is 8.96 Å². The first-order chi connectivity index (χ1) is 5.00. The maximum absolute atomic E-state index is 2.48. The van der Waals surface area contributed by atoms with Gasteiger partial charge in [0.2, 0.25) is 0 Å². The Bertz CT molecular complexity index is 93.7. The van der Waals surface area contributed by atoms with Gasteiger partial charge in [0.15, 0.2) is 0 Å². The number of hydrogen-bond donors (Lipinski definition) is 0. The highest BCUT2D eigenvalue weighted by atomic mass is 28.3. The van der Waals surface area contributed by atoms with Gasteiger partial charge in [0.05, 0.1) is 0 Å². The smallest absolute Gasteiger partial charge is 0.116 e. The lowest BCUT2D eigenvalue weighted by molar-refractivity contribution is 0.589. The van der Waals surface area contributed by atoms with E-state index in [-0.39, 0.29) is 0 Å². The third-order valence-corrected chi connectivity index (χ3v) is 6.70. The van der Waals surface area contributed by atoms with Crippen molar-refractivity contribution in [3.63, 3.8) is 0 Å². The molecule has 2 atom stereocenters. The Morgan fingerprint density at radius 2 is 1.64 bits per heavy atom. The van der Waals surface area contributed by atoms with Crippen LogP contribution in [0.15, 0.2) is 0 Å². The Labute approximate surface area is 73.5 Å². The third kappa shape index (κ3) is 3.39. The second-order valence-corrected chi connectivity index (χ2v) is 8.57. The summed E-state index contributed by atoms with van der Waals surface area (Å²) >= 11 is 0. The SMILES string of the molecule is CCC(C)[SiH](C(C)C)N(C)C. The van der Waals surface area contributed by atoms with Crippen LogP contribution in [0.5, 0.6) is 0 Å². The minimum atomic E-state index is -0.641. The summed E-state index contributed by atoms with van der Waals surface area (Å²) in [6, 6.07) is 0. The molecule has 0 saturated heterocycles. The molecule has 0 heterocycles. The molecule has 0 aliphatic carbocycles. The molecule has 0 aromatic rings. The Kier molecular flexibility index (Phi) is 5.02. The Morgan fingerprint density at radius 1 is 1.18 bits per heavy atom. The van der Waals surface area contributed by atoms with E-state index in [9.17, 15) is 0 Å². The molecule has 11 heavy (non-hydrogen) atoms. The van der Waals surface area contributed by atoms with Crippen molar-refractivity contribution in [2.45, 2.75) is 45.2 Å². The van der Waals surface area contributed by atoms with Crippen molar-refractivity contribution in [3.8, 4) is 0 Å². The van der Waals surface area contributed by atoms with Gasteiger partial charge in [0.1, 0.15) is 8.96 Å². The van der Waals surface area contributed by atoms with E-state index >= 15 is 0 Å². The zero-order chi connectivity index (χ0) is 9.02. The van der Waals surface area contributed by atoms with Gasteiger partial charge in [-0.15, -0.1) is 0 Å². The first-order valence-corrected chi connectivity index (χ1v) is 6.52. The summed E-state index contributed by atoms with van der Waals surface area (Å²) in [7, 11) is 3.84. The Morgan fingerprint density at radius 3 is 1.73 bits per heavy atom. The van der Waals surface area contributed by atoms with Crippen LogP contribution in [0.1, 0.15) is 34.1 Å². The van der Waals surface area contributed by atoms with Crippen molar-refractivity contribution in [1.29, 1.82) is 0 Å². The summed E-state index contributed by atoms with van der Waals surface area (Å²) in [5.74, 6) is 0. The largest absolute Gasteiger partial charge is 0.331 e. The van der Waals surface area contributed by atoms with E-state index in [1.165, 1.54) is 6.42 Å². The average molecular weight is 173 g/mol. The molecule has 0 aromatic carbocycles. The molecule has 0 spiro atoms. The zero-order valence-electron chi connectivity index (χ0n) is 8.89. The highest BCUT2D eigenvalue weighted by Gasteiger charge is 2.23. The molecule has 0 rings (SSSR count). The average Bonchev–Trinajstić information content (AvgIpc) is 1.85. The molecule has 0 aromatic heterocycles. The van der Waals surface area contributed by atoms with Gasteiger partial charge >= 0.3 is 0 Å². The Hall–Kier alpha value is 0.177. The minimum absolute atomic E-state index is 0.641. The van der Waals surface area contributed by atoms with Crippen molar-refractivity contribution in [1.82, 2.24) is 4.57 Å². The first kappa shape index (κ1) is 11.2. The van der Waals surface area contributed by atoms with Crippen LogP contribution in [0.4, 0.5) is 0 Å².